The number of hydrogen-bond donors (Lipinski definition) is 0. The zero-order chi connectivity index (χ0) is 25.8. The van der Waals surface area contributed by atoms with Gasteiger partial charge in [0.2, 0.25) is 6.30 Å². The van der Waals surface area contributed by atoms with Crippen LogP contribution in [0.25, 0.3) is 0 Å². The van der Waals surface area contributed by atoms with E-state index in [-0.39, 0.29) is 0 Å². The van der Waals surface area contributed by atoms with Crippen LogP contribution in [-0.2, 0) is 4.74 Å². The first-order valence-corrected chi connectivity index (χ1v) is 9.23. The first-order chi connectivity index (χ1) is 14.6. The molecule has 0 aromatic heterocycles. The fourth-order valence-electron chi connectivity index (χ4n) is 3.77. The number of piperidine rings is 1. The third-order valence-corrected chi connectivity index (χ3v) is 5.55. The lowest BCUT2D eigenvalue weighted by atomic mass is 9.87. The summed E-state index contributed by atoms with van der Waals surface area (Å²) in [4.78, 5) is -0.456. The first-order valence-electron chi connectivity index (χ1n) is 9.23. The van der Waals surface area contributed by atoms with E-state index in [0.717, 1.165) is 0 Å². The van der Waals surface area contributed by atoms with E-state index in [0.29, 0.717) is 0 Å². The standard InChI is InChI=1S/C16H16F15NO/c17-10(16(29,30)31)12(19,20)8-1-2-9(33-8)13(21,22)11(18)32-4-6(14(23,24)25)3-7(5-32)15(26,27)28/h6-11H,1-5H2. The molecule has 33 heavy (non-hydrogen) atoms. The highest BCUT2D eigenvalue weighted by Crippen LogP contribution is 2.47. The van der Waals surface area contributed by atoms with E-state index >= 15 is 0 Å². The molecule has 2 aliphatic rings. The van der Waals surface area contributed by atoms with Crippen molar-refractivity contribution in [3.63, 3.8) is 0 Å². The van der Waals surface area contributed by atoms with Crippen LogP contribution in [0.4, 0.5) is 65.9 Å². The van der Waals surface area contributed by atoms with Gasteiger partial charge in [0.25, 0.3) is 6.17 Å². The molecule has 2 saturated heterocycles. The van der Waals surface area contributed by atoms with Crippen molar-refractivity contribution in [2.45, 2.75) is 74.3 Å². The zero-order valence-electron chi connectivity index (χ0n) is 16.0. The maximum atomic E-state index is 14.5. The lowest BCUT2D eigenvalue weighted by Crippen LogP contribution is -2.58. The highest BCUT2D eigenvalue weighted by atomic mass is 19.4. The van der Waals surface area contributed by atoms with E-state index in [2.05, 4.69) is 4.74 Å². The van der Waals surface area contributed by atoms with Crippen LogP contribution < -0.4 is 0 Å². The normalized spacial score (nSPS) is 31.0. The van der Waals surface area contributed by atoms with Crippen LogP contribution in [-0.4, -0.2) is 73.0 Å². The maximum Gasteiger partial charge on any atom is 0.425 e. The number of alkyl halides is 15. The van der Waals surface area contributed by atoms with Crippen molar-refractivity contribution in [1.29, 1.82) is 0 Å². The molecular formula is C16H16F15NO. The fraction of sp³-hybridized carbons (Fsp3) is 1.00. The summed E-state index contributed by atoms with van der Waals surface area (Å²) in [6.45, 7) is -3.22. The summed E-state index contributed by atoms with van der Waals surface area (Å²) >= 11 is 0. The average molecular weight is 523 g/mol. The molecule has 0 spiro atoms. The molecule has 0 saturated carbocycles. The largest absolute Gasteiger partial charge is 0.425 e. The monoisotopic (exact) mass is 523 g/mol. The molecule has 6 atom stereocenters. The average Bonchev–Trinajstić information content (AvgIpc) is 3.16. The molecular weight excluding hydrogens is 507 g/mol. The van der Waals surface area contributed by atoms with Crippen molar-refractivity contribution in [3.05, 3.63) is 0 Å². The number of nitrogens with zero attached hydrogens (tertiary/aromatic N) is 1. The Morgan fingerprint density at radius 2 is 1.03 bits per heavy atom. The van der Waals surface area contributed by atoms with Crippen LogP contribution in [0, 0.1) is 11.8 Å². The summed E-state index contributed by atoms with van der Waals surface area (Å²) < 4.78 is 202. The van der Waals surface area contributed by atoms with Crippen LogP contribution in [0.2, 0.25) is 0 Å². The van der Waals surface area contributed by atoms with Gasteiger partial charge in [0.15, 0.2) is 0 Å². The third-order valence-electron chi connectivity index (χ3n) is 5.55. The molecule has 2 aliphatic heterocycles. The predicted molar refractivity (Wildman–Crippen MR) is 78.9 cm³/mol. The second-order valence-corrected chi connectivity index (χ2v) is 7.95. The van der Waals surface area contributed by atoms with Gasteiger partial charge in [-0.1, -0.05) is 0 Å². The van der Waals surface area contributed by atoms with Gasteiger partial charge in [-0.25, -0.2) is 17.6 Å². The number of ether oxygens (including phenoxy) is 1. The molecule has 17 heteroatoms. The van der Waals surface area contributed by atoms with E-state index in [1.807, 2.05) is 0 Å². The lowest BCUT2D eigenvalue weighted by Gasteiger charge is -2.42. The summed E-state index contributed by atoms with van der Waals surface area (Å²) in [6.07, 6.45) is -35.5. The highest BCUT2D eigenvalue weighted by molar-refractivity contribution is 4.99. The molecule has 196 valence electrons. The topological polar surface area (TPSA) is 12.5 Å². The molecule has 0 aromatic rings. The quantitative estimate of drug-likeness (QED) is 0.321. The van der Waals surface area contributed by atoms with Crippen molar-refractivity contribution in [2.24, 2.45) is 11.8 Å². The molecule has 2 rings (SSSR count). The molecule has 2 heterocycles. The molecule has 0 aliphatic carbocycles. The van der Waals surface area contributed by atoms with Crippen molar-refractivity contribution in [1.82, 2.24) is 4.90 Å². The number of rotatable bonds is 5. The third kappa shape index (κ3) is 5.93. The minimum atomic E-state index is -6.09. The Hall–Kier alpha value is -1.13. The van der Waals surface area contributed by atoms with Gasteiger partial charge in [-0.3, -0.25) is 4.90 Å². The molecule has 2 fully saturated rings. The summed E-state index contributed by atoms with van der Waals surface area (Å²) in [5.74, 6) is -16.0. The summed E-state index contributed by atoms with van der Waals surface area (Å²) in [5.41, 5.74) is 0. The van der Waals surface area contributed by atoms with Crippen molar-refractivity contribution in [2.75, 3.05) is 13.1 Å². The minimum Gasteiger partial charge on any atom is -0.362 e. The Bertz CT molecular complexity index is 650. The van der Waals surface area contributed by atoms with E-state index < -0.39 is 104 Å². The van der Waals surface area contributed by atoms with E-state index in [1.165, 1.54) is 0 Å². The van der Waals surface area contributed by atoms with E-state index in [9.17, 15) is 65.9 Å². The van der Waals surface area contributed by atoms with Gasteiger partial charge in [-0.05, 0) is 19.3 Å². The van der Waals surface area contributed by atoms with Gasteiger partial charge in [0.1, 0.15) is 12.2 Å². The first kappa shape index (κ1) is 28.1. The number of halogens is 15. The van der Waals surface area contributed by atoms with Gasteiger partial charge >= 0.3 is 30.4 Å². The van der Waals surface area contributed by atoms with Crippen LogP contribution in [0.3, 0.4) is 0 Å². The Morgan fingerprint density at radius 1 is 0.636 bits per heavy atom. The smallest absolute Gasteiger partial charge is 0.362 e. The number of likely N-dealkylation sites (tertiary alicyclic amines) is 1. The van der Waals surface area contributed by atoms with E-state index in [1.54, 1.807) is 0 Å². The van der Waals surface area contributed by atoms with Crippen molar-refractivity contribution >= 4 is 0 Å². The lowest BCUT2D eigenvalue weighted by molar-refractivity contribution is -0.286. The second-order valence-electron chi connectivity index (χ2n) is 7.95. The predicted octanol–water partition coefficient (Wildman–Crippen LogP) is 6.06. The molecule has 0 N–H and O–H groups in total. The van der Waals surface area contributed by atoms with Gasteiger partial charge in [0.05, 0.1) is 11.8 Å². The highest BCUT2D eigenvalue weighted by Gasteiger charge is 2.65. The SMILES string of the molecule is FC(N1CC(C(F)(F)F)CC(C(F)(F)F)C1)C(F)(F)C1CCC(C(F)(F)C(F)C(F)(F)F)O1. The molecule has 0 amide bonds. The molecule has 2 nitrogen and oxygen atoms in total. The Morgan fingerprint density at radius 3 is 1.39 bits per heavy atom. The molecule has 0 aromatic carbocycles. The summed E-state index contributed by atoms with van der Waals surface area (Å²) in [7, 11) is 0. The summed E-state index contributed by atoms with van der Waals surface area (Å²) in [5, 5.41) is 0. The minimum absolute atomic E-state index is 0.456. The van der Waals surface area contributed by atoms with Crippen LogP contribution in [0.15, 0.2) is 0 Å². The zero-order valence-corrected chi connectivity index (χ0v) is 16.0. The van der Waals surface area contributed by atoms with Gasteiger partial charge in [0, 0.05) is 13.1 Å². The number of hydrogen-bond acceptors (Lipinski definition) is 2. The maximum absolute atomic E-state index is 14.5. The van der Waals surface area contributed by atoms with Gasteiger partial charge < -0.3 is 4.74 Å². The Balaban J connectivity index is 2.20. The molecule has 0 radical (unpaired) electrons. The Kier molecular flexibility index (Phi) is 7.52. The van der Waals surface area contributed by atoms with Crippen LogP contribution >= 0.6 is 0 Å². The second kappa shape index (κ2) is 8.82. The van der Waals surface area contributed by atoms with Crippen molar-refractivity contribution in [3.8, 4) is 0 Å². The molecule has 6 unspecified atom stereocenters. The van der Waals surface area contributed by atoms with Crippen molar-refractivity contribution < 1.29 is 70.6 Å². The van der Waals surface area contributed by atoms with E-state index in [4.69, 9.17) is 0 Å². The summed E-state index contributed by atoms with van der Waals surface area (Å²) in [6, 6.07) is 0. The van der Waals surface area contributed by atoms with Gasteiger partial charge in [-0.15, -0.1) is 0 Å². The van der Waals surface area contributed by atoms with Crippen LogP contribution in [0.5, 0.6) is 0 Å². The van der Waals surface area contributed by atoms with Crippen LogP contribution in [0.1, 0.15) is 19.3 Å². The molecule has 0 bridgehead atoms. The van der Waals surface area contributed by atoms with Gasteiger partial charge in [-0.2, -0.15) is 48.3 Å². The Labute approximate surface area is 176 Å². The fourth-order valence-corrected chi connectivity index (χ4v) is 3.77.